The van der Waals surface area contributed by atoms with Gasteiger partial charge in [-0.3, -0.25) is 0 Å². The van der Waals surface area contributed by atoms with Crippen LogP contribution in [0.5, 0.6) is 0 Å². The molecular formula is C17H24F3N. The molecule has 1 nitrogen and oxygen atoms in total. The van der Waals surface area contributed by atoms with Crippen LogP contribution < -0.4 is 5.73 Å². The minimum atomic E-state index is -4.28. The standard InChI is InChI=1S/C17H24F3N/c1-2-4-13-7-9-16(21,10-8-13)12-14-5-3-6-15(11-14)17(18,19)20/h3,5-6,11,13H,2,4,7-10,12,21H2,1H3. The second kappa shape index (κ2) is 6.39. The molecule has 21 heavy (non-hydrogen) atoms. The van der Waals surface area contributed by atoms with Crippen molar-refractivity contribution < 1.29 is 13.2 Å². The molecule has 1 aliphatic carbocycles. The zero-order valence-corrected chi connectivity index (χ0v) is 12.5. The predicted octanol–water partition coefficient (Wildman–Crippen LogP) is 4.94. The molecule has 0 saturated heterocycles. The summed E-state index contributed by atoms with van der Waals surface area (Å²) in [6.07, 6.45) is 2.70. The van der Waals surface area contributed by atoms with Crippen molar-refractivity contribution in [2.45, 2.75) is 63.6 Å². The lowest BCUT2D eigenvalue weighted by molar-refractivity contribution is -0.137. The molecule has 1 aromatic carbocycles. The fraction of sp³-hybridized carbons (Fsp3) is 0.647. The Kier molecular flexibility index (Phi) is 4.97. The maximum atomic E-state index is 12.7. The second-order valence-corrected chi connectivity index (χ2v) is 6.47. The van der Waals surface area contributed by atoms with Crippen molar-refractivity contribution in [1.29, 1.82) is 0 Å². The summed E-state index contributed by atoms with van der Waals surface area (Å²) in [4.78, 5) is 0. The Morgan fingerprint density at radius 1 is 1.24 bits per heavy atom. The van der Waals surface area contributed by atoms with Crippen LogP contribution in [-0.4, -0.2) is 5.54 Å². The molecule has 118 valence electrons. The van der Waals surface area contributed by atoms with E-state index in [-0.39, 0.29) is 5.54 Å². The highest BCUT2D eigenvalue weighted by Crippen LogP contribution is 2.36. The number of nitrogens with two attached hydrogens (primary N) is 1. The topological polar surface area (TPSA) is 26.0 Å². The molecule has 2 N–H and O–H groups in total. The highest BCUT2D eigenvalue weighted by atomic mass is 19.4. The first-order chi connectivity index (χ1) is 9.82. The van der Waals surface area contributed by atoms with E-state index in [1.165, 1.54) is 25.0 Å². The smallest absolute Gasteiger partial charge is 0.325 e. The van der Waals surface area contributed by atoms with Gasteiger partial charge < -0.3 is 5.73 Å². The van der Waals surface area contributed by atoms with Crippen LogP contribution in [0.2, 0.25) is 0 Å². The summed E-state index contributed by atoms with van der Waals surface area (Å²) in [5.74, 6) is 0.744. The zero-order chi connectivity index (χ0) is 15.5. The molecule has 0 unspecified atom stereocenters. The van der Waals surface area contributed by atoms with Gasteiger partial charge in [0, 0.05) is 5.54 Å². The molecule has 1 aromatic rings. The van der Waals surface area contributed by atoms with Gasteiger partial charge in [0.25, 0.3) is 0 Å². The number of benzene rings is 1. The summed E-state index contributed by atoms with van der Waals surface area (Å²) in [6, 6.07) is 5.59. The molecule has 1 fully saturated rings. The van der Waals surface area contributed by atoms with Gasteiger partial charge in [0.15, 0.2) is 0 Å². The minimum absolute atomic E-state index is 0.339. The third-order valence-corrected chi connectivity index (χ3v) is 4.61. The van der Waals surface area contributed by atoms with Gasteiger partial charge in [-0.2, -0.15) is 13.2 Å². The quantitative estimate of drug-likeness (QED) is 0.837. The van der Waals surface area contributed by atoms with Gasteiger partial charge >= 0.3 is 6.18 Å². The Morgan fingerprint density at radius 2 is 1.90 bits per heavy atom. The number of hydrogen-bond donors (Lipinski definition) is 1. The van der Waals surface area contributed by atoms with Crippen LogP contribution in [0.25, 0.3) is 0 Å². The number of rotatable bonds is 4. The summed E-state index contributed by atoms with van der Waals surface area (Å²) in [5, 5.41) is 0. The molecule has 0 aliphatic heterocycles. The predicted molar refractivity (Wildman–Crippen MR) is 78.9 cm³/mol. The van der Waals surface area contributed by atoms with Crippen LogP contribution in [0.15, 0.2) is 24.3 Å². The fourth-order valence-corrected chi connectivity index (χ4v) is 3.39. The summed E-state index contributed by atoms with van der Waals surface area (Å²) in [5.41, 5.74) is 6.20. The van der Waals surface area contributed by atoms with E-state index >= 15 is 0 Å². The van der Waals surface area contributed by atoms with Gasteiger partial charge in [0.1, 0.15) is 0 Å². The Morgan fingerprint density at radius 3 is 2.48 bits per heavy atom. The fourth-order valence-electron chi connectivity index (χ4n) is 3.39. The van der Waals surface area contributed by atoms with Crippen molar-refractivity contribution in [1.82, 2.24) is 0 Å². The van der Waals surface area contributed by atoms with Crippen LogP contribution in [0.3, 0.4) is 0 Å². The Hall–Kier alpha value is -1.03. The van der Waals surface area contributed by atoms with Crippen molar-refractivity contribution in [3.05, 3.63) is 35.4 Å². The average Bonchev–Trinajstić information content (AvgIpc) is 2.41. The number of halogens is 3. The molecule has 4 heteroatoms. The first kappa shape index (κ1) is 16.3. The molecule has 0 heterocycles. The SMILES string of the molecule is CCCC1CCC(N)(Cc2cccc(C(F)(F)F)c2)CC1. The summed E-state index contributed by atoms with van der Waals surface area (Å²) in [6.45, 7) is 2.19. The lowest BCUT2D eigenvalue weighted by atomic mass is 9.73. The van der Waals surface area contributed by atoms with E-state index in [0.717, 1.165) is 37.7 Å². The maximum absolute atomic E-state index is 12.7. The average molecular weight is 299 g/mol. The van der Waals surface area contributed by atoms with Crippen molar-refractivity contribution in [3.8, 4) is 0 Å². The van der Waals surface area contributed by atoms with E-state index < -0.39 is 11.7 Å². The van der Waals surface area contributed by atoms with E-state index in [4.69, 9.17) is 5.73 Å². The van der Waals surface area contributed by atoms with E-state index in [1.54, 1.807) is 6.07 Å². The zero-order valence-electron chi connectivity index (χ0n) is 12.5. The molecule has 1 saturated carbocycles. The van der Waals surface area contributed by atoms with Gasteiger partial charge in [0.05, 0.1) is 5.56 Å². The molecule has 0 atom stereocenters. The lowest BCUT2D eigenvalue weighted by Crippen LogP contribution is -2.45. The molecule has 0 spiro atoms. The Balaban J connectivity index is 2.02. The van der Waals surface area contributed by atoms with Crippen molar-refractivity contribution in [2.75, 3.05) is 0 Å². The molecule has 2 rings (SSSR count). The monoisotopic (exact) mass is 299 g/mol. The normalized spacial score (nSPS) is 26.8. The molecular weight excluding hydrogens is 275 g/mol. The second-order valence-electron chi connectivity index (χ2n) is 6.47. The highest BCUT2D eigenvalue weighted by Gasteiger charge is 2.33. The van der Waals surface area contributed by atoms with Gasteiger partial charge in [-0.15, -0.1) is 0 Å². The summed E-state index contributed by atoms with van der Waals surface area (Å²) < 4.78 is 38.2. The molecule has 0 amide bonds. The van der Waals surface area contributed by atoms with Crippen LogP contribution in [0, 0.1) is 5.92 Å². The van der Waals surface area contributed by atoms with Crippen molar-refractivity contribution in [2.24, 2.45) is 11.7 Å². The molecule has 1 aliphatic rings. The Bertz CT molecular complexity index is 459. The minimum Gasteiger partial charge on any atom is -0.325 e. The van der Waals surface area contributed by atoms with Gasteiger partial charge in [-0.25, -0.2) is 0 Å². The molecule has 0 aromatic heterocycles. The highest BCUT2D eigenvalue weighted by molar-refractivity contribution is 5.27. The maximum Gasteiger partial charge on any atom is 0.416 e. The van der Waals surface area contributed by atoms with Crippen LogP contribution >= 0.6 is 0 Å². The van der Waals surface area contributed by atoms with Gasteiger partial charge in [0.2, 0.25) is 0 Å². The van der Waals surface area contributed by atoms with E-state index in [0.29, 0.717) is 12.0 Å². The van der Waals surface area contributed by atoms with Crippen LogP contribution in [0.4, 0.5) is 13.2 Å². The van der Waals surface area contributed by atoms with E-state index in [2.05, 4.69) is 6.92 Å². The van der Waals surface area contributed by atoms with E-state index in [9.17, 15) is 13.2 Å². The van der Waals surface area contributed by atoms with Crippen molar-refractivity contribution >= 4 is 0 Å². The van der Waals surface area contributed by atoms with Crippen LogP contribution in [0.1, 0.15) is 56.6 Å². The molecule has 0 radical (unpaired) electrons. The van der Waals surface area contributed by atoms with Gasteiger partial charge in [-0.1, -0.05) is 38.0 Å². The summed E-state index contributed by atoms with van der Waals surface area (Å²) >= 11 is 0. The lowest BCUT2D eigenvalue weighted by Gasteiger charge is -2.37. The number of hydrogen-bond acceptors (Lipinski definition) is 1. The summed E-state index contributed by atoms with van der Waals surface area (Å²) in [7, 11) is 0. The third-order valence-electron chi connectivity index (χ3n) is 4.61. The largest absolute Gasteiger partial charge is 0.416 e. The van der Waals surface area contributed by atoms with E-state index in [1.807, 2.05) is 0 Å². The van der Waals surface area contributed by atoms with Crippen LogP contribution in [-0.2, 0) is 12.6 Å². The molecule has 0 bridgehead atoms. The Labute approximate surface area is 124 Å². The van der Waals surface area contributed by atoms with Gasteiger partial charge in [-0.05, 0) is 49.7 Å². The third kappa shape index (κ3) is 4.47. The first-order valence-electron chi connectivity index (χ1n) is 7.77. The van der Waals surface area contributed by atoms with Crippen molar-refractivity contribution in [3.63, 3.8) is 0 Å². The first-order valence-corrected chi connectivity index (χ1v) is 7.77. The number of alkyl halides is 3.